The lowest BCUT2D eigenvalue weighted by atomic mass is 10.2. The molecule has 0 saturated carbocycles. The van der Waals surface area contributed by atoms with Gasteiger partial charge >= 0.3 is 6.18 Å². The molecule has 7 heteroatoms. The van der Waals surface area contributed by atoms with Gasteiger partial charge < -0.3 is 5.73 Å². The fourth-order valence-electron chi connectivity index (χ4n) is 1.61. The molecule has 1 aromatic heterocycles. The number of rotatable bonds is 2. The minimum absolute atomic E-state index is 0.105. The van der Waals surface area contributed by atoms with E-state index in [2.05, 4.69) is 5.10 Å². The second-order valence-corrected chi connectivity index (χ2v) is 3.61. The number of alkyl halides is 3. The summed E-state index contributed by atoms with van der Waals surface area (Å²) in [7, 11) is 0. The monoisotopic (exact) mass is 259 g/mol. The summed E-state index contributed by atoms with van der Waals surface area (Å²) in [5.74, 6) is -0.529. The maximum atomic E-state index is 12.9. The van der Waals surface area contributed by atoms with Gasteiger partial charge in [-0.25, -0.2) is 9.07 Å². The number of aromatic nitrogens is 2. The van der Waals surface area contributed by atoms with Crippen LogP contribution in [-0.4, -0.2) is 9.78 Å². The highest BCUT2D eigenvalue weighted by atomic mass is 19.4. The van der Waals surface area contributed by atoms with E-state index >= 15 is 0 Å². The summed E-state index contributed by atoms with van der Waals surface area (Å²) in [5.41, 5.74) is 4.34. The summed E-state index contributed by atoms with van der Waals surface area (Å²) in [6.07, 6.45) is -3.51. The van der Waals surface area contributed by atoms with Crippen molar-refractivity contribution in [2.45, 2.75) is 12.7 Å². The van der Waals surface area contributed by atoms with Gasteiger partial charge in [-0.3, -0.25) is 0 Å². The molecule has 0 aliphatic carbocycles. The van der Waals surface area contributed by atoms with Gasteiger partial charge in [0.25, 0.3) is 0 Å². The highest BCUT2D eigenvalue weighted by Gasteiger charge is 2.38. The quantitative estimate of drug-likeness (QED) is 0.842. The molecule has 0 saturated heterocycles. The van der Waals surface area contributed by atoms with Gasteiger partial charge in [-0.2, -0.15) is 18.3 Å². The number of nitrogens with two attached hydrogens (primary N) is 1. The minimum atomic E-state index is -4.57. The van der Waals surface area contributed by atoms with E-state index in [-0.39, 0.29) is 17.8 Å². The van der Waals surface area contributed by atoms with Gasteiger partial charge in [0.2, 0.25) is 0 Å². The molecular weight excluding hydrogens is 250 g/mol. The second-order valence-electron chi connectivity index (χ2n) is 3.61. The first-order valence-electron chi connectivity index (χ1n) is 5.03. The fourth-order valence-corrected chi connectivity index (χ4v) is 1.61. The van der Waals surface area contributed by atoms with Crippen LogP contribution in [0.4, 0.5) is 17.6 Å². The molecule has 1 heterocycles. The number of benzene rings is 1. The van der Waals surface area contributed by atoms with Crippen molar-refractivity contribution in [3.63, 3.8) is 0 Å². The Morgan fingerprint density at radius 1 is 1.17 bits per heavy atom. The first kappa shape index (κ1) is 12.6. The van der Waals surface area contributed by atoms with Crippen molar-refractivity contribution in [2.75, 3.05) is 0 Å². The van der Waals surface area contributed by atoms with Crippen molar-refractivity contribution >= 4 is 0 Å². The predicted molar refractivity (Wildman–Crippen MR) is 56.4 cm³/mol. The Morgan fingerprint density at radius 3 is 2.28 bits per heavy atom. The molecule has 96 valence electrons. The molecule has 3 nitrogen and oxygen atoms in total. The lowest BCUT2D eigenvalue weighted by molar-refractivity contribution is -0.143. The molecule has 0 unspecified atom stereocenters. The van der Waals surface area contributed by atoms with Crippen molar-refractivity contribution in [3.8, 4) is 5.69 Å². The molecule has 0 radical (unpaired) electrons. The van der Waals surface area contributed by atoms with E-state index in [0.29, 0.717) is 4.68 Å². The Hall–Kier alpha value is -1.89. The van der Waals surface area contributed by atoms with Crippen molar-refractivity contribution < 1.29 is 17.6 Å². The summed E-state index contributed by atoms with van der Waals surface area (Å²) >= 11 is 0. The topological polar surface area (TPSA) is 43.8 Å². The number of hydrogen-bond donors (Lipinski definition) is 1. The van der Waals surface area contributed by atoms with E-state index < -0.39 is 17.7 Å². The van der Waals surface area contributed by atoms with E-state index in [1.165, 1.54) is 12.1 Å². The third kappa shape index (κ3) is 2.21. The predicted octanol–water partition coefficient (Wildman–Crippen LogP) is 2.49. The Balaban J connectivity index is 2.58. The number of halogens is 4. The zero-order chi connectivity index (χ0) is 13.3. The molecule has 0 amide bonds. The van der Waals surface area contributed by atoms with Crippen LogP contribution in [0.25, 0.3) is 5.69 Å². The summed E-state index contributed by atoms with van der Waals surface area (Å²) in [6, 6.07) is 4.58. The largest absolute Gasteiger partial charge is 0.433 e. The second kappa shape index (κ2) is 4.41. The molecule has 0 aliphatic rings. The van der Waals surface area contributed by atoms with Crippen LogP contribution in [0.1, 0.15) is 11.3 Å². The van der Waals surface area contributed by atoms with Crippen molar-refractivity contribution in [1.29, 1.82) is 0 Å². The third-order valence-corrected chi connectivity index (χ3v) is 2.40. The Kier molecular flexibility index (Phi) is 3.08. The molecule has 0 atom stereocenters. The van der Waals surface area contributed by atoms with E-state index in [4.69, 9.17) is 5.73 Å². The molecule has 18 heavy (non-hydrogen) atoms. The SMILES string of the molecule is NCc1cnn(-c2ccc(F)cc2)c1C(F)(F)F. The van der Waals surface area contributed by atoms with Gasteiger partial charge in [-0.05, 0) is 24.3 Å². The molecule has 2 aromatic rings. The average Bonchev–Trinajstić information content (AvgIpc) is 2.73. The van der Waals surface area contributed by atoms with Crippen LogP contribution in [0.5, 0.6) is 0 Å². The van der Waals surface area contributed by atoms with Crippen LogP contribution in [0, 0.1) is 5.82 Å². The fraction of sp³-hybridized carbons (Fsp3) is 0.182. The van der Waals surface area contributed by atoms with E-state index in [1.807, 2.05) is 0 Å². The lowest BCUT2D eigenvalue weighted by Gasteiger charge is -2.12. The first-order chi connectivity index (χ1) is 8.43. The van der Waals surface area contributed by atoms with Crippen LogP contribution in [0.15, 0.2) is 30.5 Å². The minimum Gasteiger partial charge on any atom is -0.326 e. The van der Waals surface area contributed by atoms with E-state index in [1.54, 1.807) is 0 Å². The van der Waals surface area contributed by atoms with Crippen LogP contribution >= 0.6 is 0 Å². The summed E-state index contributed by atoms with van der Waals surface area (Å²) in [4.78, 5) is 0. The lowest BCUT2D eigenvalue weighted by Crippen LogP contribution is -2.16. The first-order valence-corrected chi connectivity index (χ1v) is 5.03. The standard InChI is InChI=1S/C11H9F4N3/c12-8-1-3-9(4-2-8)18-10(11(13,14)15)7(5-16)6-17-18/h1-4,6H,5,16H2. The smallest absolute Gasteiger partial charge is 0.326 e. The molecule has 0 aliphatic heterocycles. The Labute approximate surface area is 99.8 Å². The zero-order valence-electron chi connectivity index (χ0n) is 9.08. The Bertz CT molecular complexity index is 542. The summed E-state index contributed by atoms with van der Waals surface area (Å²) < 4.78 is 52.2. The average molecular weight is 259 g/mol. The van der Waals surface area contributed by atoms with Crippen molar-refractivity contribution in [1.82, 2.24) is 9.78 Å². The highest BCUT2D eigenvalue weighted by Crippen LogP contribution is 2.33. The van der Waals surface area contributed by atoms with Gasteiger partial charge in [-0.1, -0.05) is 0 Å². The maximum absolute atomic E-state index is 12.9. The molecular formula is C11H9F4N3. The van der Waals surface area contributed by atoms with Crippen molar-refractivity contribution in [3.05, 3.63) is 47.5 Å². The summed E-state index contributed by atoms with van der Waals surface area (Å²) in [6.45, 7) is -0.268. The van der Waals surface area contributed by atoms with Gasteiger partial charge in [0.15, 0.2) is 5.69 Å². The molecule has 2 rings (SSSR count). The van der Waals surface area contributed by atoms with Crippen LogP contribution in [0.3, 0.4) is 0 Å². The molecule has 1 aromatic carbocycles. The maximum Gasteiger partial charge on any atom is 0.433 e. The van der Waals surface area contributed by atoms with E-state index in [9.17, 15) is 17.6 Å². The normalized spacial score (nSPS) is 11.8. The Morgan fingerprint density at radius 2 is 1.78 bits per heavy atom. The number of hydrogen-bond acceptors (Lipinski definition) is 2. The van der Waals surface area contributed by atoms with Gasteiger partial charge in [0.05, 0.1) is 11.9 Å². The molecule has 0 bridgehead atoms. The van der Waals surface area contributed by atoms with Crippen LogP contribution in [-0.2, 0) is 12.7 Å². The van der Waals surface area contributed by atoms with Gasteiger partial charge in [-0.15, -0.1) is 0 Å². The van der Waals surface area contributed by atoms with Crippen LogP contribution < -0.4 is 5.73 Å². The third-order valence-electron chi connectivity index (χ3n) is 2.40. The zero-order valence-corrected chi connectivity index (χ0v) is 9.08. The highest BCUT2D eigenvalue weighted by molar-refractivity contribution is 5.36. The van der Waals surface area contributed by atoms with Crippen molar-refractivity contribution in [2.24, 2.45) is 5.73 Å². The summed E-state index contributed by atoms with van der Waals surface area (Å²) in [5, 5.41) is 3.65. The van der Waals surface area contributed by atoms with Crippen LogP contribution in [0.2, 0.25) is 0 Å². The number of nitrogens with zero attached hydrogens (tertiary/aromatic N) is 2. The molecule has 0 spiro atoms. The van der Waals surface area contributed by atoms with Gasteiger partial charge in [0.1, 0.15) is 5.82 Å². The molecule has 0 fully saturated rings. The molecule has 2 N–H and O–H groups in total. The van der Waals surface area contributed by atoms with E-state index in [0.717, 1.165) is 18.3 Å². The van der Waals surface area contributed by atoms with Gasteiger partial charge in [0, 0.05) is 12.1 Å².